The number of hydrogen-bond donors (Lipinski definition) is 3. The van der Waals surface area contributed by atoms with E-state index in [9.17, 15) is 9.90 Å². The monoisotopic (exact) mass is 414 g/mol. The van der Waals surface area contributed by atoms with E-state index in [1.807, 2.05) is 6.92 Å². The third-order valence-electron chi connectivity index (χ3n) is 3.10. The summed E-state index contributed by atoms with van der Waals surface area (Å²) in [5.41, 5.74) is 0. The normalized spacial score (nSPS) is 16.3. The molecular formula is C13H27IN4O3. The fraction of sp³-hybridized carbons (Fsp3) is 0.846. The SMILES string of the molecule is CCNC(=NCC(=O)NCCOC)N1CCC(O)CC1.I. The quantitative estimate of drug-likeness (QED) is 0.242. The molecule has 1 aliphatic rings. The van der Waals surface area contributed by atoms with Crippen LogP contribution in [0.1, 0.15) is 19.8 Å². The maximum atomic E-state index is 11.6. The predicted octanol–water partition coefficient (Wildman–Crippen LogP) is -0.211. The molecule has 0 saturated carbocycles. The Balaban J connectivity index is 0.00000400. The number of carbonyl (C=O) groups is 1. The van der Waals surface area contributed by atoms with Crippen LogP contribution in [0.2, 0.25) is 0 Å². The Morgan fingerprint density at radius 2 is 2.05 bits per heavy atom. The van der Waals surface area contributed by atoms with E-state index in [2.05, 4.69) is 20.5 Å². The number of hydrogen-bond acceptors (Lipinski definition) is 4. The van der Waals surface area contributed by atoms with Crippen molar-refractivity contribution in [2.75, 3.05) is 46.4 Å². The first-order chi connectivity index (χ1) is 9.67. The Labute approximate surface area is 143 Å². The van der Waals surface area contributed by atoms with Crippen LogP contribution in [0.15, 0.2) is 4.99 Å². The first-order valence-corrected chi connectivity index (χ1v) is 7.14. The van der Waals surface area contributed by atoms with Crippen LogP contribution in [-0.2, 0) is 9.53 Å². The van der Waals surface area contributed by atoms with Gasteiger partial charge in [-0.3, -0.25) is 4.79 Å². The van der Waals surface area contributed by atoms with E-state index in [0.29, 0.717) is 13.2 Å². The first-order valence-electron chi connectivity index (χ1n) is 7.14. The standard InChI is InChI=1S/C13H26N4O3.HI/c1-3-14-13(17-7-4-11(18)5-8-17)16-10-12(19)15-6-9-20-2;/h11,18H,3-10H2,1-2H3,(H,14,16)(H,15,19);1H. The van der Waals surface area contributed by atoms with Crippen LogP contribution in [0.3, 0.4) is 0 Å². The number of ether oxygens (including phenoxy) is 1. The van der Waals surface area contributed by atoms with E-state index in [4.69, 9.17) is 4.74 Å². The van der Waals surface area contributed by atoms with Gasteiger partial charge in [-0.1, -0.05) is 0 Å². The number of likely N-dealkylation sites (tertiary alicyclic amines) is 1. The Kier molecular flexibility index (Phi) is 11.6. The van der Waals surface area contributed by atoms with Crippen molar-refractivity contribution in [3.8, 4) is 0 Å². The molecule has 0 radical (unpaired) electrons. The summed E-state index contributed by atoms with van der Waals surface area (Å²) in [6.45, 7) is 5.37. The largest absolute Gasteiger partial charge is 0.393 e. The molecule has 1 heterocycles. The van der Waals surface area contributed by atoms with Gasteiger partial charge in [0, 0.05) is 33.3 Å². The van der Waals surface area contributed by atoms with Crippen LogP contribution in [0.4, 0.5) is 0 Å². The van der Waals surface area contributed by atoms with E-state index >= 15 is 0 Å². The summed E-state index contributed by atoms with van der Waals surface area (Å²) in [5, 5.41) is 15.4. The van der Waals surface area contributed by atoms with Crippen molar-refractivity contribution < 1.29 is 14.6 Å². The van der Waals surface area contributed by atoms with Gasteiger partial charge in [0.2, 0.25) is 5.91 Å². The average Bonchev–Trinajstić information content (AvgIpc) is 2.45. The maximum absolute atomic E-state index is 11.6. The summed E-state index contributed by atoms with van der Waals surface area (Å²) in [6.07, 6.45) is 1.26. The highest BCUT2D eigenvalue weighted by Crippen LogP contribution is 2.09. The second-order valence-electron chi connectivity index (χ2n) is 4.73. The van der Waals surface area contributed by atoms with Crippen molar-refractivity contribution in [3.63, 3.8) is 0 Å². The van der Waals surface area contributed by atoms with Crippen molar-refractivity contribution in [2.45, 2.75) is 25.9 Å². The molecule has 0 atom stereocenters. The van der Waals surface area contributed by atoms with Gasteiger partial charge in [-0.05, 0) is 19.8 Å². The summed E-state index contributed by atoms with van der Waals surface area (Å²) in [6, 6.07) is 0. The van der Waals surface area contributed by atoms with Crippen LogP contribution in [0.25, 0.3) is 0 Å². The molecule has 1 saturated heterocycles. The lowest BCUT2D eigenvalue weighted by atomic mass is 10.1. The number of aliphatic hydroxyl groups excluding tert-OH is 1. The molecule has 1 fully saturated rings. The lowest BCUT2D eigenvalue weighted by Crippen LogP contribution is -2.47. The third-order valence-corrected chi connectivity index (χ3v) is 3.10. The first kappa shape index (κ1) is 20.4. The average molecular weight is 414 g/mol. The van der Waals surface area contributed by atoms with Crippen LogP contribution in [0, 0.1) is 0 Å². The lowest BCUT2D eigenvalue weighted by molar-refractivity contribution is -0.119. The number of methoxy groups -OCH3 is 1. The number of aliphatic imine (C=N–C) groups is 1. The Morgan fingerprint density at radius 1 is 1.38 bits per heavy atom. The Bertz CT molecular complexity index is 321. The fourth-order valence-corrected chi connectivity index (χ4v) is 2.00. The molecule has 1 aliphatic heterocycles. The number of nitrogens with one attached hydrogen (secondary N) is 2. The molecule has 0 bridgehead atoms. The van der Waals surface area contributed by atoms with Crippen LogP contribution >= 0.6 is 24.0 Å². The highest BCUT2D eigenvalue weighted by Gasteiger charge is 2.19. The van der Waals surface area contributed by atoms with Gasteiger partial charge in [0.15, 0.2) is 5.96 Å². The predicted molar refractivity (Wildman–Crippen MR) is 93.1 cm³/mol. The molecule has 124 valence electrons. The number of guanidine groups is 1. The molecule has 0 unspecified atom stereocenters. The minimum absolute atomic E-state index is 0. The van der Waals surface area contributed by atoms with Gasteiger partial charge in [-0.25, -0.2) is 4.99 Å². The van der Waals surface area contributed by atoms with Crippen molar-refractivity contribution in [2.24, 2.45) is 4.99 Å². The zero-order chi connectivity index (χ0) is 14.8. The highest BCUT2D eigenvalue weighted by atomic mass is 127. The third kappa shape index (κ3) is 8.42. The van der Waals surface area contributed by atoms with Crippen LogP contribution < -0.4 is 10.6 Å². The smallest absolute Gasteiger partial charge is 0.241 e. The van der Waals surface area contributed by atoms with Crippen molar-refractivity contribution in [1.29, 1.82) is 0 Å². The molecule has 21 heavy (non-hydrogen) atoms. The van der Waals surface area contributed by atoms with Crippen molar-refractivity contribution >= 4 is 35.8 Å². The summed E-state index contributed by atoms with van der Waals surface area (Å²) >= 11 is 0. The lowest BCUT2D eigenvalue weighted by Gasteiger charge is -2.32. The molecule has 1 amide bonds. The number of rotatable bonds is 6. The molecule has 0 aromatic carbocycles. The van der Waals surface area contributed by atoms with Crippen molar-refractivity contribution in [3.05, 3.63) is 0 Å². The maximum Gasteiger partial charge on any atom is 0.241 e. The molecule has 3 N–H and O–H groups in total. The number of carbonyl (C=O) groups excluding carboxylic acids is 1. The van der Waals surface area contributed by atoms with Crippen LogP contribution in [0.5, 0.6) is 0 Å². The van der Waals surface area contributed by atoms with E-state index in [0.717, 1.165) is 38.4 Å². The molecule has 0 aromatic rings. The fourth-order valence-electron chi connectivity index (χ4n) is 2.00. The summed E-state index contributed by atoms with van der Waals surface area (Å²) in [5.74, 6) is 0.621. The van der Waals surface area contributed by atoms with Gasteiger partial charge in [-0.15, -0.1) is 24.0 Å². The second-order valence-corrected chi connectivity index (χ2v) is 4.73. The van der Waals surface area contributed by atoms with Gasteiger partial charge in [-0.2, -0.15) is 0 Å². The minimum atomic E-state index is -0.216. The molecule has 7 nitrogen and oxygen atoms in total. The number of amides is 1. The molecule has 1 rings (SSSR count). The van der Waals surface area contributed by atoms with Crippen LogP contribution in [-0.4, -0.2) is 74.4 Å². The molecule has 0 spiro atoms. The second kappa shape index (κ2) is 12.0. The number of aliphatic hydroxyl groups is 1. The van der Waals surface area contributed by atoms with Gasteiger partial charge in [0.05, 0.1) is 12.7 Å². The molecule has 0 aromatic heterocycles. The summed E-state index contributed by atoms with van der Waals surface area (Å²) in [4.78, 5) is 18.0. The zero-order valence-corrected chi connectivity index (χ0v) is 15.1. The van der Waals surface area contributed by atoms with Gasteiger partial charge < -0.3 is 25.4 Å². The highest BCUT2D eigenvalue weighted by molar-refractivity contribution is 14.0. The van der Waals surface area contributed by atoms with E-state index in [1.165, 1.54) is 0 Å². The topological polar surface area (TPSA) is 86.2 Å². The Morgan fingerprint density at radius 3 is 2.62 bits per heavy atom. The van der Waals surface area contributed by atoms with Gasteiger partial charge in [0.1, 0.15) is 6.54 Å². The summed E-state index contributed by atoms with van der Waals surface area (Å²) in [7, 11) is 1.60. The number of piperidine rings is 1. The number of halogens is 1. The Hall–Kier alpha value is -0.610. The molecular weight excluding hydrogens is 387 g/mol. The minimum Gasteiger partial charge on any atom is -0.393 e. The van der Waals surface area contributed by atoms with Gasteiger partial charge >= 0.3 is 0 Å². The molecule has 8 heteroatoms. The number of nitrogens with zero attached hydrogens (tertiary/aromatic N) is 2. The summed E-state index contributed by atoms with van der Waals surface area (Å²) < 4.78 is 4.87. The molecule has 0 aliphatic carbocycles. The van der Waals surface area contributed by atoms with E-state index in [-0.39, 0.29) is 42.5 Å². The van der Waals surface area contributed by atoms with E-state index < -0.39 is 0 Å². The van der Waals surface area contributed by atoms with Crippen molar-refractivity contribution in [1.82, 2.24) is 15.5 Å². The van der Waals surface area contributed by atoms with E-state index in [1.54, 1.807) is 7.11 Å². The zero-order valence-electron chi connectivity index (χ0n) is 12.8. The van der Waals surface area contributed by atoms with Gasteiger partial charge in [0.25, 0.3) is 0 Å².